The minimum Gasteiger partial charge on any atom is -0.457 e. The Morgan fingerprint density at radius 3 is 1.76 bits per heavy atom. The second kappa shape index (κ2) is 29.1. The Kier molecular flexibility index (Phi) is 28.3. The Balaban J connectivity index is 3.75. The average molecular weight is 610 g/mol. The number of carbonyl (C=O) groups is 2. The van der Waals surface area contributed by atoms with Crippen LogP contribution in [-0.4, -0.2) is 60.9 Å². The van der Waals surface area contributed by atoms with Crippen LogP contribution >= 0.6 is 7.82 Å². The summed E-state index contributed by atoms with van der Waals surface area (Å²) in [5.74, 6) is -0.371. The number of phosphoric acid groups is 1. The van der Waals surface area contributed by atoms with Crippen molar-refractivity contribution in [3.8, 4) is 0 Å². The van der Waals surface area contributed by atoms with E-state index in [1.54, 1.807) is 6.92 Å². The lowest BCUT2D eigenvalue weighted by molar-refractivity contribution is -0.158. The summed E-state index contributed by atoms with van der Waals surface area (Å²) in [5, 5.41) is 2.83. The fourth-order valence-electron chi connectivity index (χ4n) is 4.43. The molecular formula is C30H60NO9P. The van der Waals surface area contributed by atoms with Crippen LogP contribution in [0.4, 0.5) is 0 Å². The van der Waals surface area contributed by atoms with Gasteiger partial charge in [0, 0.05) is 26.5 Å². The number of rotatable bonds is 31. The molecule has 1 amide bonds. The summed E-state index contributed by atoms with van der Waals surface area (Å²) in [6.07, 6.45) is 21.3. The topological polar surface area (TPSA) is 141 Å². The molecule has 0 aromatic carbocycles. The van der Waals surface area contributed by atoms with Crippen molar-refractivity contribution in [1.29, 1.82) is 0 Å². The van der Waals surface area contributed by atoms with E-state index in [-0.39, 0.29) is 25.7 Å². The average Bonchev–Trinajstić information content (AvgIpc) is 2.91. The van der Waals surface area contributed by atoms with Crippen LogP contribution < -0.4 is 5.32 Å². The van der Waals surface area contributed by atoms with Gasteiger partial charge in [0.2, 0.25) is 5.91 Å². The third-order valence-corrected chi connectivity index (χ3v) is 7.26. The van der Waals surface area contributed by atoms with Crippen LogP contribution in [0.3, 0.4) is 0 Å². The van der Waals surface area contributed by atoms with Crippen molar-refractivity contribution >= 4 is 19.7 Å². The van der Waals surface area contributed by atoms with Gasteiger partial charge in [0.1, 0.15) is 12.9 Å². The fourth-order valence-corrected chi connectivity index (χ4v) is 4.79. The zero-order chi connectivity index (χ0) is 30.4. The third-order valence-electron chi connectivity index (χ3n) is 6.77. The maximum atomic E-state index is 12.2. The largest absolute Gasteiger partial charge is 0.469 e. The normalized spacial score (nSPS) is 12.4. The van der Waals surface area contributed by atoms with Gasteiger partial charge in [0.15, 0.2) is 0 Å². The van der Waals surface area contributed by atoms with Crippen LogP contribution in [0.15, 0.2) is 0 Å². The molecule has 0 spiro atoms. The molecule has 0 rings (SSSR count). The molecule has 11 heteroatoms. The standard InChI is InChI=1S/C30H60NO9P/c1-3-4-5-6-7-13-16-19-22-30(33)40-29(26-39-41(34,35)36)25-38-27-37-24-21-18-15-12-10-8-9-11-14-17-20-23-31-28(2)32/h29H,3-27H2,1-2H3,(H,31,32)(H2,34,35,36)/t29-/m0/s1. The Morgan fingerprint density at radius 1 is 0.707 bits per heavy atom. The monoisotopic (exact) mass is 609 g/mol. The molecule has 0 saturated heterocycles. The predicted octanol–water partition coefficient (Wildman–Crippen LogP) is 6.96. The highest BCUT2D eigenvalue weighted by Crippen LogP contribution is 2.35. The molecule has 0 aromatic heterocycles. The number of unbranched alkanes of at least 4 members (excludes halogenated alkanes) is 17. The molecule has 0 aliphatic heterocycles. The molecule has 0 fully saturated rings. The first kappa shape index (κ1) is 40.0. The first-order valence-electron chi connectivity index (χ1n) is 16.0. The minimum absolute atomic E-state index is 0.0206. The highest BCUT2D eigenvalue weighted by Gasteiger charge is 2.21. The number of carbonyl (C=O) groups excluding carboxylic acids is 2. The lowest BCUT2D eigenvalue weighted by Crippen LogP contribution is -2.28. The maximum Gasteiger partial charge on any atom is 0.469 e. The number of hydrogen-bond acceptors (Lipinski definition) is 7. The first-order valence-corrected chi connectivity index (χ1v) is 17.6. The number of ether oxygens (including phenoxy) is 3. The summed E-state index contributed by atoms with van der Waals surface area (Å²) >= 11 is 0. The van der Waals surface area contributed by atoms with Crippen LogP contribution in [0.25, 0.3) is 0 Å². The molecule has 10 nitrogen and oxygen atoms in total. The Bertz CT molecular complexity index is 660. The van der Waals surface area contributed by atoms with E-state index in [1.807, 2.05) is 0 Å². The minimum atomic E-state index is -4.67. The second-order valence-corrected chi connectivity index (χ2v) is 12.1. The number of esters is 1. The first-order chi connectivity index (χ1) is 19.7. The van der Waals surface area contributed by atoms with Crippen molar-refractivity contribution in [2.45, 2.75) is 148 Å². The van der Waals surface area contributed by atoms with Gasteiger partial charge in [-0.15, -0.1) is 0 Å². The van der Waals surface area contributed by atoms with Crippen molar-refractivity contribution < 1.29 is 42.7 Å². The SMILES string of the molecule is CCCCCCCCCCC(=O)O[C@@H](COCOCCCCCCCCCCCCCNC(C)=O)COP(=O)(O)O. The molecule has 244 valence electrons. The number of amides is 1. The van der Waals surface area contributed by atoms with Crippen molar-refractivity contribution in [2.24, 2.45) is 0 Å². The maximum absolute atomic E-state index is 12.2. The number of phosphoric ester groups is 1. The van der Waals surface area contributed by atoms with E-state index in [2.05, 4.69) is 16.8 Å². The molecule has 41 heavy (non-hydrogen) atoms. The highest BCUT2D eigenvalue weighted by atomic mass is 31.2. The van der Waals surface area contributed by atoms with Gasteiger partial charge < -0.3 is 29.3 Å². The molecule has 0 aliphatic rings. The van der Waals surface area contributed by atoms with E-state index in [9.17, 15) is 14.2 Å². The van der Waals surface area contributed by atoms with E-state index >= 15 is 0 Å². The molecule has 0 aromatic rings. The second-order valence-electron chi connectivity index (χ2n) is 10.9. The Hall–Kier alpha value is -1.03. The van der Waals surface area contributed by atoms with Gasteiger partial charge >= 0.3 is 13.8 Å². The van der Waals surface area contributed by atoms with Crippen molar-refractivity contribution in [1.82, 2.24) is 5.32 Å². The van der Waals surface area contributed by atoms with Crippen LogP contribution in [0, 0.1) is 0 Å². The molecule has 0 heterocycles. The summed E-state index contributed by atoms with van der Waals surface area (Å²) < 4.78 is 31.9. The molecule has 0 radical (unpaired) electrons. The van der Waals surface area contributed by atoms with E-state index in [1.165, 1.54) is 83.5 Å². The summed E-state index contributed by atoms with van der Waals surface area (Å²) in [6, 6.07) is 0. The zero-order valence-corrected chi connectivity index (χ0v) is 26.8. The van der Waals surface area contributed by atoms with Crippen LogP contribution in [0.5, 0.6) is 0 Å². The van der Waals surface area contributed by atoms with Gasteiger partial charge in [0.25, 0.3) is 0 Å². The molecule has 3 N–H and O–H groups in total. The predicted molar refractivity (Wildman–Crippen MR) is 161 cm³/mol. The van der Waals surface area contributed by atoms with E-state index in [0.29, 0.717) is 6.61 Å². The molecule has 0 saturated carbocycles. The van der Waals surface area contributed by atoms with Crippen molar-refractivity contribution in [3.05, 3.63) is 0 Å². The molecule has 0 bridgehead atoms. The van der Waals surface area contributed by atoms with E-state index in [0.717, 1.165) is 45.1 Å². The van der Waals surface area contributed by atoms with Gasteiger partial charge in [-0.25, -0.2) is 4.57 Å². The fraction of sp³-hybridized carbons (Fsp3) is 0.933. The Morgan fingerprint density at radius 2 is 1.22 bits per heavy atom. The zero-order valence-electron chi connectivity index (χ0n) is 26.0. The number of nitrogens with one attached hydrogen (secondary N) is 1. The van der Waals surface area contributed by atoms with E-state index < -0.39 is 26.5 Å². The lowest BCUT2D eigenvalue weighted by atomic mass is 10.1. The lowest BCUT2D eigenvalue weighted by Gasteiger charge is -2.18. The van der Waals surface area contributed by atoms with Crippen molar-refractivity contribution in [3.63, 3.8) is 0 Å². The Labute approximate surface area is 249 Å². The third kappa shape index (κ3) is 33.3. The summed E-state index contributed by atoms with van der Waals surface area (Å²) in [6.45, 7) is 4.63. The van der Waals surface area contributed by atoms with Crippen LogP contribution in [0.1, 0.15) is 142 Å². The molecule has 0 aliphatic carbocycles. The van der Waals surface area contributed by atoms with Gasteiger partial charge in [0.05, 0.1) is 13.2 Å². The molecule has 1 atom stereocenters. The highest BCUT2D eigenvalue weighted by molar-refractivity contribution is 7.46. The summed E-state index contributed by atoms with van der Waals surface area (Å²) in [5.41, 5.74) is 0. The smallest absolute Gasteiger partial charge is 0.457 e. The van der Waals surface area contributed by atoms with Gasteiger partial charge in [-0.05, 0) is 19.3 Å². The van der Waals surface area contributed by atoms with Gasteiger partial charge in [-0.1, -0.05) is 110 Å². The quantitative estimate of drug-likeness (QED) is 0.0329. The van der Waals surface area contributed by atoms with Crippen molar-refractivity contribution in [2.75, 3.05) is 33.2 Å². The van der Waals surface area contributed by atoms with Gasteiger partial charge in [-0.3, -0.25) is 14.1 Å². The van der Waals surface area contributed by atoms with Crippen LogP contribution in [-0.2, 0) is 32.9 Å². The molecular weight excluding hydrogens is 549 g/mol. The summed E-state index contributed by atoms with van der Waals surface area (Å²) in [7, 11) is -4.67. The molecule has 0 unspecified atom stereocenters. The van der Waals surface area contributed by atoms with Gasteiger partial charge in [-0.2, -0.15) is 0 Å². The summed E-state index contributed by atoms with van der Waals surface area (Å²) in [4.78, 5) is 41.0. The van der Waals surface area contributed by atoms with E-state index in [4.69, 9.17) is 24.0 Å². The van der Waals surface area contributed by atoms with Crippen LogP contribution in [0.2, 0.25) is 0 Å². The number of hydrogen-bond donors (Lipinski definition) is 3.